The molecule has 0 fully saturated rings. The van der Waals surface area contributed by atoms with Gasteiger partial charge in [0.25, 0.3) is 5.91 Å². The molecule has 0 radical (unpaired) electrons. The number of aryl methyl sites for hydroxylation is 2. The Morgan fingerprint density at radius 2 is 1.81 bits per heavy atom. The molecule has 1 aromatic heterocycles. The number of halogens is 2. The number of rotatable bonds is 4. The van der Waals surface area contributed by atoms with Crippen LogP contribution < -0.4 is 10.6 Å². The van der Waals surface area contributed by atoms with Crippen LogP contribution in [0, 0.1) is 25.5 Å². The summed E-state index contributed by atoms with van der Waals surface area (Å²) in [6.45, 7) is 3.95. The van der Waals surface area contributed by atoms with Crippen LogP contribution in [0.1, 0.15) is 21.6 Å². The number of nitrogens with zero attached hydrogens (tertiary/aromatic N) is 2. The largest absolute Gasteiger partial charge is 0.324 e. The Morgan fingerprint density at radius 3 is 2.54 bits per heavy atom. The van der Waals surface area contributed by atoms with Crippen molar-refractivity contribution in [2.75, 3.05) is 10.6 Å². The predicted molar refractivity (Wildman–Crippen MR) is 95.5 cm³/mol. The smallest absolute Gasteiger partial charge is 0.274 e. The molecule has 0 atom stereocenters. The maximum atomic E-state index is 13.2. The summed E-state index contributed by atoms with van der Waals surface area (Å²) >= 11 is 0. The second kappa shape index (κ2) is 7.26. The summed E-state index contributed by atoms with van der Waals surface area (Å²) in [5, 5.41) is 5.54. The van der Waals surface area contributed by atoms with E-state index in [9.17, 15) is 13.6 Å². The third-order valence-electron chi connectivity index (χ3n) is 3.69. The summed E-state index contributed by atoms with van der Waals surface area (Å²) in [5.41, 5.74) is 3.21. The average molecular weight is 354 g/mol. The normalized spacial score (nSPS) is 10.5. The molecule has 0 aliphatic carbocycles. The second-order valence-electron chi connectivity index (χ2n) is 5.79. The molecule has 3 aromatic rings. The van der Waals surface area contributed by atoms with Crippen molar-refractivity contribution in [2.45, 2.75) is 13.8 Å². The van der Waals surface area contributed by atoms with E-state index < -0.39 is 17.5 Å². The van der Waals surface area contributed by atoms with Gasteiger partial charge in [-0.05, 0) is 43.7 Å². The van der Waals surface area contributed by atoms with E-state index in [1.165, 1.54) is 18.3 Å². The van der Waals surface area contributed by atoms with E-state index in [-0.39, 0.29) is 17.3 Å². The van der Waals surface area contributed by atoms with Gasteiger partial charge in [-0.3, -0.25) is 4.79 Å². The fraction of sp³-hybridized carbons (Fsp3) is 0.105. The lowest BCUT2D eigenvalue weighted by Gasteiger charge is -2.10. The quantitative estimate of drug-likeness (QED) is 0.730. The summed E-state index contributed by atoms with van der Waals surface area (Å²) in [4.78, 5) is 20.5. The molecular formula is C19H16F2N4O. The van der Waals surface area contributed by atoms with E-state index >= 15 is 0 Å². The van der Waals surface area contributed by atoms with Crippen LogP contribution >= 0.6 is 0 Å². The molecule has 2 aromatic carbocycles. The first kappa shape index (κ1) is 17.5. The van der Waals surface area contributed by atoms with E-state index in [1.807, 2.05) is 32.0 Å². The van der Waals surface area contributed by atoms with Crippen LogP contribution in [0.4, 0.5) is 26.1 Å². The molecular weight excluding hydrogens is 338 g/mol. The molecule has 0 spiro atoms. The third-order valence-corrected chi connectivity index (χ3v) is 3.69. The van der Waals surface area contributed by atoms with E-state index in [4.69, 9.17) is 0 Å². The maximum absolute atomic E-state index is 13.2. The molecule has 3 rings (SSSR count). The van der Waals surface area contributed by atoms with Gasteiger partial charge in [-0.1, -0.05) is 17.7 Å². The third kappa shape index (κ3) is 4.00. The summed E-state index contributed by atoms with van der Waals surface area (Å²) in [7, 11) is 0. The molecule has 132 valence electrons. The lowest BCUT2D eigenvalue weighted by atomic mass is 10.1. The molecule has 26 heavy (non-hydrogen) atoms. The Hall–Kier alpha value is -3.35. The fourth-order valence-corrected chi connectivity index (χ4v) is 2.39. The van der Waals surface area contributed by atoms with Crippen molar-refractivity contribution in [2.24, 2.45) is 0 Å². The van der Waals surface area contributed by atoms with Crippen molar-refractivity contribution < 1.29 is 13.6 Å². The molecule has 5 nitrogen and oxygen atoms in total. The topological polar surface area (TPSA) is 66.9 Å². The number of amides is 1. The summed E-state index contributed by atoms with van der Waals surface area (Å²) in [5.74, 6) is -2.32. The van der Waals surface area contributed by atoms with Crippen LogP contribution in [0.3, 0.4) is 0 Å². The standard InChI is InChI=1S/C19H16F2N4O/c1-11-3-6-16(12(2)9-11)24-19-22-8-7-17(25-19)18(26)23-13-4-5-14(20)15(21)10-13/h3-10H,1-2H3,(H,23,26)(H,22,24,25). The molecule has 0 bridgehead atoms. The second-order valence-corrected chi connectivity index (χ2v) is 5.79. The minimum atomic E-state index is -1.04. The first-order valence-electron chi connectivity index (χ1n) is 7.86. The van der Waals surface area contributed by atoms with Gasteiger partial charge in [0.2, 0.25) is 5.95 Å². The number of benzene rings is 2. The monoisotopic (exact) mass is 354 g/mol. The Bertz CT molecular complexity index is 976. The summed E-state index contributed by atoms with van der Waals surface area (Å²) in [6, 6.07) is 10.4. The number of hydrogen-bond donors (Lipinski definition) is 2. The highest BCUT2D eigenvalue weighted by Crippen LogP contribution is 2.19. The average Bonchev–Trinajstić information content (AvgIpc) is 2.61. The Kier molecular flexibility index (Phi) is 4.88. The van der Waals surface area contributed by atoms with Gasteiger partial charge >= 0.3 is 0 Å². The Balaban J connectivity index is 1.77. The van der Waals surface area contributed by atoms with E-state index in [0.717, 1.165) is 28.9 Å². The number of nitrogens with one attached hydrogen (secondary N) is 2. The number of carbonyl (C=O) groups is 1. The minimum Gasteiger partial charge on any atom is -0.324 e. The van der Waals surface area contributed by atoms with Gasteiger partial charge in [-0.2, -0.15) is 0 Å². The molecule has 7 heteroatoms. The van der Waals surface area contributed by atoms with Crippen LogP contribution in [0.2, 0.25) is 0 Å². The van der Waals surface area contributed by atoms with Gasteiger partial charge in [0.15, 0.2) is 11.6 Å². The number of anilines is 3. The molecule has 1 amide bonds. The van der Waals surface area contributed by atoms with Gasteiger partial charge in [-0.15, -0.1) is 0 Å². The first-order valence-corrected chi connectivity index (χ1v) is 7.86. The molecule has 2 N–H and O–H groups in total. The number of aromatic nitrogens is 2. The van der Waals surface area contributed by atoms with Crippen molar-refractivity contribution in [3.05, 3.63) is 77.1 Å². The van der Waals surface area contributed by atoms with Crippen molar-refractivity contribution in [1.82, 2.24) is 9.97 Å². The van der Waals surface area contributed by atoms with Gasteiger partial charge < -0.3 is 10.6 Å². The summed E-state index contributed by atoms with van der Waals surface area (Å²) in [6.07, 6.45) is 1.44. The zero-order valence-electron chi connectivity index (χ0n) is 14.2. The Morgan fingerprint density at radius 1 is 1.00 bits per heavy atom. The van der Waals surface area contributed by atoms with Crippen molar-refractivity contribution in [3.8, 4) is 0 Å². The molecule has 0 unspecified atom stereocenters. The van der Waals surface area contributed by atoms with E-state index in [1.54, 1.807) is 0 Å². The van der Waals surface area contributed by atoms with E-state index in [0.29, 0.717) is 0 Å². The highest BCUT2D eigenvalue weighted by Gasteiger charge is 2.11. The van der Waals surface area contributed by atoms with Crippen LogP contribution in [-0.4, -0.2) is 15.9 Å². The minimum absolute atomic E-state index is 0.0944. The van der Waals surface area contributed by atoms with Crippen LogP contribution in [0.25, 0.3) is 0 Å². The fourth-order valence-electron chi connectivity index (χ4n) is 2.39. The zero-order chi connectivity index (χ0) is 18.7. The lowest BCUT2D eigenvalue weighted by molar-refractivity contribution is 0.102. The van der Waals surface area contributed by atoms with Gasteiger partial charge in [0, 0.05) is 23.6 Å². The van der Waals surface area contributed by atoms with Crippen molar-refractivity contribution in [3.63, 3.8) is 0 Å². The van der Waals surface area contributed by atoms with Gasteiger partial charge in [0.05, 0.1) is 0 Å². The highest BCUT2D eigenvalue weighted by molar-refractivity contribution is 6.03. The van der Waals surface area contributed by atoms with Crippen molar-refractivity contribution in [1.29, 1.82) is 0 Å². The lowest BCUT2D eigenvalue weighted by Crippen LogP contribution is -2.15. The van der Waals surface area contributed by atoms with E-state index in [2.05, 4.69) is 20.6 Å². The predicted octanol–water partition coefficient (Wildman–Crippen LogP) is 4.37. The summed E-state index contributed by atoms with van der Waals surface area (Å²) < 4.78 is 26.2. The molecule has 1 heterocycles. The molecule has 0 saturated heterocycles. The van der Waals surface area contributed by atoms with Crippen molar-refractivity contribution >= 4 is 23.2 Å². The Labute approximate surface area is 149 Å². The van der Waals surface area contributed by atoms with Gasteiger partial charge in [0.1, 0.15) is 5.69 Å². The maximum Gasteiger partial charge on any atom is 0.274 e. The van der Waals surface area contributed by atoms with Crippen LogP contribution in [-0.2, 0) is 0 Å². The molecule has 0 saturated carbocycles. The molecule has 0 aliphatic rings. The van der Waals surface area contributed by atoms with Gasteiger partial charge in [-0.25, -0.2) is 18.7 Å². The van der Waals surface area contributed by atoms with Crippen LogP contribution in [0.5, 0.6) is 0 Å². The first-order chi connectivity index (χ1) is 12.4. The highest BCUT2D eigenvalue weighted by atomic mass is 19.2. The zero-order valence-corrected chi connectivity index (χ0v) is 14.2. The SMILES string of the molecule is Cc1ccc(Nc2nccc(C(=O)Nc3ccc(F)c(F)c3)n2)c(C)c1. The number of carbonyl (C=O) groups excluding carboxylic acids is 1. The van der Waals surface area contributed by atoms with Crippen LogP contribution in [0.15, 0.2) is 48.7 Å². The molecule has 0 aliphatic heterocycles. The number of hydrogen-bond acceptors (Lipinski definition) is 4.